The van der Waals surface area contributed by atoms with E-state index in [9.17, 15) is 18.0 Å². The number of hydrogen-bond acceptors (Lipinski definition) is 3. The van der Waals surface area contributed by atoms with Gasteiger partial charge in [-0.15, -0.1) is 0 Å². The molecule has 0 amide bonds. The summed E-state index contributed by atoms with van der Waals surface area (Å²) in [5.41, 5.74) is -1.65. The quantitative estimate of drug-likeness (QED) is 0.811. The number of rotatable bonds is 3. The number of halogens is 3. The first kappa shape index (κ1) is 11.3. The average molecular weight is 221 g/mol. The molecule has 1 aromatic rings. The number of nitrogens with zero attached hydrogens (tertiary/aromatic N) is 1. The third-order valence-electron chi connectivity index (χ3n) is 1.58. The lowest BCUT2D eigenvalue weighted by molar-refractivity contribution is -0.136. The van der Waals surface area contributed by atoms with E-state index in [-0.39, 0.29) is 0 Å². The zero-order chi connectivity index (χ0) is 11.6. The molecule has 0 saturated carbocycles. The van der Waals surface area contributed by atoms with Gasteiger partial charge in [-0.1, -0.05) is 0 Å². The minimum Gasteiger partial charge on any atom is -0.506 e. The lowest BCUT2D eigenvalue weighted by atomic mass is 10.2. The van der Waals surface area contributed by atoms with Gasteiger partial charge in [0.05, 0.1) is 12.1 Å². The van der Waals surface area contributed by atoms with E-state index in [0.29, 0.717) is 6.07 Å². The molecule has 0 spiro atoms. The number of aromatic nitrogens is 1. The highest BCUT2D eigenvalue weighted by atomic mass is 19.3. The first-order valence-electron chi connectivity index (χ1n) is 3.80. The van der Waals surface area contributed by atoms with E-state index in [1.165, 1.54) is 0 Å². The van der Waals surface area contributed by atoms with E-state index >= 15 is 0 Å². The molecule has 0 aliphatic carbocycles. The molecule has 4 nitrogen and oxygen atoms in total. The molecule has 82 valence electrons. The summed E-state index contributed by atoms with van der Waals surface area (Å²) in [5.74, 6) is -3.47. The van der Waals surface area contributed by atoms with Gasteiger partial charge in [-0.25, -0.2) is 18.2 Å². The van der Waals surface area contributed by atoms with Crippen molar-refractivity contribution in [1.29, 1.82) is 0 Å². The van der Waals surface area contributed by atoms with Crippen molar-refractivity contribution in [3.8, 4) is 5.75 Å². The van der Waals surface area contributed by atoms with E-state index in [0.717, 1.165) is 0 Å². The normalized spacial score (nSPS) is 10.7. The van der Waals surface area contributed by atoms with E-state index in [1.54, 1.807) is 0 Å². The van der Waals surface area contributed by atoms with Crippen molar-refractivity contribution in [2.75, 3.05) is 0 Å². The van der Waals surface area contributed by atoms with Crippen molar-refractivity contribution in [3.05, 3.63) is 23.3 Å². The number of aromatic hydroxyl groups is 1. The van der Waals surface area contributed by atoms with Crippen molar-refractivity contribution >= 4 is 5.97 Å². The monoisotopic (exact) mass is 221 g/mol. The summed E-state index contributed by atoms with van der Waals surface area (Å²) in [4.78, 5) is 13.3. The van der Waals surface area contributed by atoms with E-state index in [4.69, 9.17) is 10.2 Å². The fourth-order valence-corrected chi connectivity index (χ4v) is 0.960. The third kappa shape index (κ3) is 2.58. The highest BCUT2D eigenvalue weighted by Gasteiger charge is 2.19. The zero-order valence-corrected chi connectivity index (χ0v) is 7.25. The van der Waals surface area contributed by atoms with Crippen molar-refractivity contribution in [3.63, 3.8) is 0 Å². The van der Waals surface area contributed by atoms with Crippen LogP contribution >= 0.6 is 0 Å². The molecule has 15 heavy (non-hydrogen) atoms. The van der Waals surface area contributed by atoms with Crippen LogP contribution < -0.4 is 0 Å². The lowest BCUT2D eigenvalue weighted by Gasteiger charge is -2.05. The number of pyridine rings is 1. The van der Waals surface area contributed by atoms with Crippen LogP contribution in [0.2, 0.25) is 0 Å². The van der Waals surface area contributed by atoms with Gasteiger partial charge in [0.25, 0.3) is 6.43 Å². The number of carbonyl (C=O) groups is 1. The Bertz CT molecular complexity index is 395. The summed E-state index contributed by atoms with van der Waals surface area (Å²) in [6.45, 7) is 0. The second-order valence-corrected chi connectivity index (χ2v) is 2.69. The van der Waals surface area contributed by atoms with E-state index < -0.39 is 41.8 Å². The molecule has 0 aromatic carbocycles. The van der Waals surface area contributed by atoms with Crippen LogP contribution in [-0.2, 0) is 11.2 Å². The molecule has 0 atom stereocenters. The second-order valence-electron chi connectivity index (χ2n) is 2.69. The SMILES string of the molecule is O=C(O)Cc1nc(C(F)F)c(F)cc1O. The summed E-state index contributed by atoms with van der Waals surface area (Å²) >= 11 is 0. The van der Waals surface area contributed by atoms with Crippen LogP contribution in [-0.4, -0.2) is 21.2 Å². The lowest BCUT2D eigenvalue weighted by Crippen LogP contribution is -2.06. The smallest absolute Gasteiger partial charge is 0.309 e. The maximum absolute atomic E-state index is 12.8. The highest BCUT2D eigenvalue weighted by Crippen LogP contribution is 2.25. The summed E-state index contributed by atoms with van der Waals surface area (Å²) in [6.07, 6.45) is -3.90. The number of carboxylic acid groups (broad SMARTS) is 1. The van der Waals surface area contributed by atoms with Crippen LogP contribution in [0.3, 0.4) is 0 Å². The first-order chi connectivity index (χ1) is 6.91. The summed E-state index contributed by atoms with van der Waals surface area (Å²) in [6, 6.07) is 0.423. The van der Waals surface area contributed by atoms with Crippen LogP contribution in [0.4, 0.5) is 13.2 Å². The van der Waals surface area contributed by atoms with Gasteiger partial charge in [0, 0.05) is 6.07 Å². The van der Waals surface area contributed by atoms with Gasteiger partial charge in [0.2, 0.25) is 0 Å². The molecule has 0 fully saturated rings. The van der Waals surface area contributed by atoms with Crippen molar-refractivity contribution < 1.29 is 28.2 Å². The second kappa shape index (κ2) is 4.16. The summed E-state index contributed by atoms with van der Waals surface area (Å²) < 4.78 is 37.1. The fourth-order valence-electron chi connectivity index (χ4n) is 0.960. The van der Waals surface area contributed by atoms with Gasteiger partial charge in [-0.2, -0.15) is 0 Å². The Morgan fingerprint density at radius 2 is 2.13 bits per heavy atom. The Morgan fingerprint density at radius 1 is 1.53 bits per heavy atom. The van der Waals surface area contributed by atoms with Gasteiger partial charge >= 0.3 is 5.97 Å². The Kier molecular flexibility index (Phi) is 3.13. The summed E-state index contributed by atoms with van der Waals surface area (Å²) in [5, 5.41) is 17.4. The molecule has 0 saturated heterocycles. The number of hydrogen-bond donors (Lipinski definition) is 2. The number of carboxylic acids is 1. The Balaban J connectivity index is 3.17. The van der Waals surface area contributed by atoms with Gasteiger partial charge in [-0.05, 0) is 0 Å². The van der Waals surface area contributed by atoms with Crippen LogP contribution in [0, 0.1) is 5.82 Å². The predicted molar refractivity (Wildman–Crippen MR) is 42.2 cm³/mol. The molecular formula is C8H6F3NO3. The molecule has 0 aliphatic rings. The molecular weight excluding hydrogens is 215 g/mol. The zero-order valence-electron chi connectivity index (χ0n) is 7.25. The molecule has 2 N–H and O–H groups in total. The fraction of sp³-hybridized carbons (Fsp3) is 0.250. The minimum absolute atomic E-state index is 0.423. The molecule has 1 rings (SSSR count). The predicted octanol–water partition coefficient (Wildman–Crippen LogP) is 1.49. The molecule has 0 radical (unpaired) electrons. The Morgan fingerprint density at radius 3 is 2.60 bits per heavy atom. The Labute approximate surface area is 82.0 Å². The van der Waals surface area contributed by atoms with Crippen molar-refractivity contribution in [2.24, 2.45) is 0 Å². The third-order valence-corrected chi connectivity index (χ3v) is 1.58. The molecule has 1 heterocycles. The molecule has 0 aliphatic heterocycles. The van der Waals surface area contributed by atoms with Crippen LogP contribution in [0.25, 0.3) is 0 Å². The molecule has 7 heteroatoms. The molecule has 1 aromatic heterocycles. The minimum atomic E-state index is -3.15. The van der Waals surface area contributed by atoms with Gasteiger partial charge in [0.15, 0.2) is 5.82 Å². The summed E-state index contributed by atoms with van der Waals surface area (Å²) in [7, 11) is 0. The van der Waals surface area contributed by atoms with Crippen LogP contribution in [0.15, 0.2) is 6.07 Å². The van der Waals surface area contributed by atoms with Crippen molar-refractivity contribution in [1.82, 2.24) is 4.98 Å². The van der Waals surface area contributed by atoms with E-state index in [1.807, 2.05) is 0 Å². The largest absolute Gasteiger partial charge is 0.506 e. The number of aliphatic carboxylic acids is 1. The highest BCUT2D eigenvalue weighted by molar-refractivity contribution is 5.70. The standard InChI is InChI=1S/C8H6F3NO3/c9-3-1-5(13)4(2-6(14)15)12-7(3)8(10)11/h1,8,13H,2H2,(H,14,15). The topological polar surface area (TPSA) is 70.4 Å². The maximum atomic E-state index is 12.8. The van der Waals surface area contributed by atoms with Crippen LogP contribution in [0.1, 0.15) is 17.8 Å². The van der Waals surface area contributed by atoms with Crippen LogP contribution in [0.5, 0.6) is 5.75 Å². The molecule has 0 unspecified atom stereocenters. The number of alkyl halides is 2. The van der Waals surface area contributed by atoms with Gasteiger partial charge in [0.1, 0.15) is 11.4 Å². The first-order valence-corrected chi connectivity index (χ1v) is 3.80. The van der Waals surface area contributed by atoms with Gasteiger partial charge < -0.3 is 10.2 Å². The maximum Gasteiger partial charge on any atom is 0.309 e. The average Bonchev–Trinajstić information content (AvgIpc) is 2.08. The van der Waals surface area contributed by atoms with Crippen molar-refractivity contribution in [2.45, 2.75) is 12.8 Å². The Hall–Kier alpha value is -1.79. The molecule has 0 bridgehead atoms. The van der Waals surface area contributed by atoms with Gasteiger partial charge in [-0.3, -0.25) is 4.79 Å². The van der Waals surface area contributed by atoms with E-state index in [2.05, 4.69) is 4.98 Å².